The third kappa shape index (κ3) is 13.0. The van der Waals surface area contributed by atoms with Crippen LogP contribution in [0.5, 0.6) is 0 Å². The van der Waals surface area contributed by atoms with Crippen molar-refractivity contribution in [3.05, 3.63) is 31.5 Å². The molecule has 0 aromatic carbocycles. The van der Waals surface area contributed by atoms with Crippen molar-refractivity contribution >= 4 is 25.0 Å². The quantitative estimate of drug-likeness (QED) is 0.213. The molecule has 12 heteroatoms. The summed E-state index contributed by atoms with van der Waals surface area (Å²) >= 11 is 0. The van der Waals surface area contributed by atoms with Crippen LogP contribution in [0.25, 0.3) is 0 Å². The van der Waals surface area contributed by atoms with E-state index in [0.717, 1.165) is 18.1 Å². The van der Waals surface area contributed by atoms with Gasteiger partial charge < -0.3 is 13.3 Å². The molecule has 0 radical (unpaired) electrons. The first-order valence-corrected chi connectivity index (χ1v) is 24.1. The van der Waals surface area contributed by atoms with E-state index in [0.29, 0.717) is 19.3 Å². The molecule has 39 heavy (non-hydrogen) atoms. The van der Waals surface area contributed by atoms with Crippen molar-refractivity contribution in [2.24, 2.45) is 0 Å². The lowest BCUT2D eigenvalue weighted by atomic mass is 10.4. The molecule has 0 saturated carbocycles. The Labute approximate surface area is 239 Å². The molecule has 0 unspecified atom stereocenters. The zero-order valence-electron chi connectivity index (χ0n) is 26.9. The second-order valence-electron chi connectivity index (χ2n) is 13.4. The predicted octanol–water partition coefficient (Wildman–Crippen LogP) is 5.23. The highest BCUT2D eigenvalue weighted by atomic mass is 28.4. The lowest BCUT2D eigenvalue weighted by Gasteiger charge is -2.26. The summed E-state index contributed by atoms with van der Waals surface area (Å²) in [6, 6.07) is 2.48. The highest BCUT2D eigenvalue weighted by Crippen LogP contribution is 2.18. The second-order valence-corrected chi connectivity index (χ2v) is 26.2. The zero-order chi connectivity index (χ0) is 30.2. The average molecular weight is 604 g/mol. The SMILES string of the molecule is CC(C)O[Si](C)(C)CCCn1c(=O)n(CCC[Si](C)(C)OC(C)C)c(=O)n(CCC[Si](C)(C)OC(C)C)c1=O. The molecule has 0 N–H and O–H groups in total. The highest BCUT2D eigenvalue weighted by Gasteiger charge is 2.27. The topological polar surface area (TPSA) is 93.7 Å². The summed E-state index contributed by atoms with van der Waals surface area (Å²) in [6.07, 6.45) is 2.41. The van der Waals surface area contributed by atoms with Crippen molar-refractivity contribution in [2.45, 2.75) is 156 Å². The van der Waals surface area contributed by atoms with Gasteiger partial charge in [-0.25, -0.2) is 28.1 Å². The van der Waals surface area contributed by atoms with Gasteiger partial charge in [0.25, 0.3) is 0 Å². The Morgan fingerprint density at radius 1 is 0.487 bits per heavy atom. The lowest BCUT2D eigenvalue weighted by Crippen LogP contribution is -2.55. The van der Waals surface area contributed by atoms with Crippen LogP contribution in [0.15, 0.2) is 14.4 Å². The summed E-state index contributed by atoms with van der Waals surface area (Å²) in [4.78, 5) is 40.3. The molecule has 0 fully saturated rings. The zero-order valence-corrected chi connectivity index (χ0v) is 29.9. The van der Waals surface area contributed by atoms with Gasteiger partial charge in [0.05, 0.1) is 0 Å². The van der Waals surface area contributed by atoms with Crippen LogP contribution >= 0.6 is 0 Å². The molecule has 1 heterocycles. The summed E-state index contributed by atoms with van der Waals surface area (Å²) in [5, 5.41) is 0. The van der Waals surface area contributed by atoms with Gasteiger partial charge in [0.2, 0.25) is 0 Å². The van der Waals surface area contributed by atoms with Gasteiger partial charge >= 0.3 is 17.1 Å². The van der Waals surface area contributed by atoms with Gasteiger partial charge in [-0.3, -0.25) is 0 Å². The van der Waals surface area contributed by atoms with E-state index in [1.807, 2.05) is 41.5 Å². The summed E-state index contributed by atoms with van der Waals surface area (Å²) in [5.41, 5.74) is -1.52. The highest BCUT2D eigenvalue weighted by molar-refractivity contribution is 6.71. The predicted molar refractivity (Wildman–Crippen MR) is 169 cm³/mol. The molecular formula is C27H57N3O6Si3. The number of hydrogen-bond donors (Lipinski definition) is 0. The minimum Gasteiger partial charge on any atom is -0.415 e. The Hall–Kier alpha value is -1.06. The molecule has 0 aliphatic carbocycles. The van der Waals surface area contributed by atoms with Crippen LogP contribution in [0.3, 0.4) is 0 Å². The second kappa shape index (κ2) is 15.2. The van der Waals surface area contributed by atoms with Gasteiger partial charge in [0.1, 0.15) is 0 Å². The molecule has 0 amide bonds. The molecule has 228 valence electrons. The van der Waals surface area contributed by atoms with E-state index in [1.54, 1.807) is 0 Å². The third-order valence-electron chi connectivity index (χ3n) is 6.53. The van der Waals surface area contributed by atoms with Crippen LogP contribution < -0.4 is 17.1 Å². The smallest absolute Gasteiger partial charge is 0.336 e. The monoisotopic (exact) mass is 603 g/mol. The Bertz CT molecular complexity index is 910. The maximum atomic E-state index is 13.4. The fourth-order valence-corrected chi connectivity index (χ4v) is 12.5. The lowest BCUT2D eigenvalue weighted by molar-refractivity contribution is 0.230. The van der Waals surface area contributed by atoms with E-state index in [1.165, 1.54) is 13.7 Å². The molecule has 1 aromatic rings. The van der Waals surface area contributed by atoms with Gasteiger partial charge in [-0.15, -0.1) is 0 Å². The van der Waals surface area contributed by atoms with E-state index >= 15 is 0 Å². The maximum Gasteiger partial charge on any atom is 0.336 e. The Morgan fingerprint density at radius 3 is 0.872 bits per heavy atom. The van der Waals surface area contributed by atoms with E-state index in [9.17, 15) is 14.4 Å². The minimum atomic E-state index is -1.92. The van der Waals surface area contributed by atoms with Crippen LogP contribution in [0, 0.1) is 0 Å². The molecule has 9 nitrogen and oxygen atoms in total. The van der Waals surface area contributed by atoms with Crippen LogP contribution in [0.4, 0.5) is 0 Å². The summed E-state index contributed by atoms with van der Waals surface area (Å²) in [7, 11) is -5.75. The fourth-order valence-electron chi connectivity index (χ4n) is 5.34. The summed E-state index contributed by atoms with van der Waals surface area (Å²) in [6.45, 7) is 26.0. The Kier molecular flexibility index (Phi) is 14.1. The average Bonchev–Trinajstić information content (AvgIpc) is 2.72. The van der Waals surface area contributed by atoms with E-state index < -0.39 is 42.0 Å². The van der Waals surface area contributed by atoms with E-state index in [4.69, 9.17) is 13.3 Å². The molecule has 0 saturated heterocycles. The van der Waals surface area contributed by atoms with Crippen LogP contribution in [0.2, 0.25) is 57.4 Å². The van der Waals surface area contributed by atoms with Gasteiger partial charge in [-0.2, -0.15) is 0 Å². The molecule has 1 rings (SSSR count). The largest absolute Gasteiger partial charge is 0.415 e. The fraction of sp³-hybridized carbons (Fsp3) is 0.889. The summed E-state index contributed by atoms with van der Waals surface area (Å²) in [5.74, 6) is 0. The third-order valence-corrected chi connectivity index (χ3v) is 14.5. The van der Waals surface area contributed by atoms with Gasteiger partial charge in [0, 0.05) is 37.9 Å². The van der Waals surface area contributed by atoms with Crippen LogP contribution in [-0.2, 0) is 32.9 Å². The summed E-state index contributed by atoms with van der Waals surface area (Å²) < 4.78 is 22.2. The first kappa shape index (κ1) is 36.0. The van der Waals surface area contributed by atoms with E-state index in [-0.39, 0.29) is 37.9 Å². The van der Waals surface area contributed by atoms with Crippen molar-refractivity contribution < 1.29 is 13.3 Å². The van der Waals surface area contributed by atoms with E-state index in [2.05, 4.69) is 39.3 Å². The molecular weight excluding hydrogens is 547 g/mol. The van der Waals surface area contributed by atoms with Crippen molar-refractivity contribution in [3.8, 4) is 0 Å². The Morgan fingerprint density at radius 2 is 0.692 bits per heavy atom. The molecule has 0 aliphatic rings. The van der Waals surface area contributed by atoms with Gasteiger partial charge in [-0.1, -0.05) is 0 Å². The molecule has 0 bridgehead atoms. The number of nitrogens with zero attached hydrogens (tertiary/aromatic N) is 3. The minimum absolute atomic E-state index is 0.147. The van der Waals surface area contributed by atoms with Crippen molar-refractivity contribution in [1.82, 2.24) is 13.7 Å². The first-order valence-electron chi connectivity index (χ1n) is 14.7. The van der Waals surface area contributed by atoms with Crippen molar-refractivity contribution in [1.29, 1.82) is 0 Å². The van der Waals surface area contributed by atoms with Crippen molar-refractivity contribution in [2.75, 3.05) is 0 Å². The normalized spacial score (nSPS) is 13.3. The number of hydrogen-bond acceptors (Lipinski definition) is 6. The van der Waals surface area contributed by atoms with Gasteiger partial charge in [0.15, 0.2) is 25.0 Å². The molecule has 1 aromatic heterocycles. The number of rotatable bonds is 18. The van der Waals surface area contributed by atoms with Crippen LogP contribution in [-0.4, -0.2) is 57.0 Å². The Balaban J connectivity index is 3.25. The molecule has 0 spiro atoms. The molecule has 0 atom stereocenters. The molecule has 0 aliphatic heterocycles. The first-order chi connectivity index (χ1) is 17.8. The maximum absolute atomic E-state index is 13.4. The van der Waals surface area contributed by atoms with Gasteiger partial charge in [-0.05, 0) is 118 Å². The number of aromatic nitrogens is 3. The van der Waals surface area contributed by atoms with Crippen molar-refractivity contribution in [3.63, 3.8) is 0 Å². The standard InChI is InChI=1S/C27H57N3O6Si3/c1-22(2)34-37(7,8)19-13-16-28-25(31)29(17-14-20-38(9,10)35-23(3)4)27(33)30(26(28)32)18-15-21-39(11,12)36-24(5)6/h22-24H,13-21H2,1-12H3. The van der Waals surface area contributed by atoms with Crippen LogP contribution in [0.1, 0.15) is 60.8 Å².